The molecule has 2 rings (SSSR count). The van der Waals surface area contributed by atoms with Gasteiger partial charge in [-0.2, -0.15) is 18.3 Å². The summed E-state index contributed by atoms with van der Waals surface area (Å²) in [5.74, 6) is -1.07. The van der Waals surface area contributed by atoms with Gasteiger partial charge in [0.25, 0.3) is 0 Å². The molecule has 1 fully saturated rings. The highest BCUT2D eigenvalue weighted by atomic mass is 19.4. The molecule has 1 amide bonds. The first-order chi connectivity index (χ1) is 10.3. The number of anilines is 2. The summed E-state index contributed by atoms with van der Waals surface area (Å²) >= 11 is 0. The van der Waals surface area contributed by atoms with Crippen molar-refractivity contribution in [2.45, 2.75) is 44.9 Å². The number of halogens is 3. The summed E-state index contributed by atoms with van der Waals surface area (Å²) < 4.78 is 38.7. The molecule has 6 nitrogen and oxygen atoms in total. The Hall–Kier alpha value is -1.93. The Morgan fingerprint density at radius 2 is 2.18 bits per heavy atom. The van der Waals surface area contributed by atoms with Crippen molar-refractivity contribution in [3.63, 3.8) is 0 Å². The van der Waals surface area contributed by atoms with E-state index in [-0.39, 0.29) is 0 Å². The largest absolute Gasteiger partial charge is 0.471 e. The predicted molar refractivity (Wildman–Crippen MR) is 76.4 cm³/mol. The first-order valence-electron chi connectivity index (χ1n) is 7.26. The van der Waals surface area contributed by atoms with Crippen molar-refractivity contribution in [3.05, 3.63) is 6.20 Å². The van der Waals surface area contributed by atoms with Crippen LogP contribution in [-0.2, 0) is 11.3 Å². The van der Waals surface area contributed by atoms with Crippen LogP contribution in [0.25, 0.3) is 0 Å². The molecule has 9 heteroatoms. The molecular weight excluding hydrogens is 299 g/mol. The smallest absolute Gasteiger partial charge is 0.394 e. The fraction of sp³-hybridized carbons (Fsp3) is 0.692. The molecule has 124 valence electrons. The number of aromatic nitrogens is 2. The van der Waals surface area contributed by atoms with Crippen LogP contribution in [0.1, 0.15) is 26.2 Å². The molecule has 1 aromatic heterocycles. The molecule has 1 saturated heterocycles. The highest BCUT2D eigenvalue weighted by Gasteiger charge is 2.39. The molecule has 1 aliphatic rings. The maximum absolute atomic E-state index is 12.3. The van der Waals surface area contributed by atoms with Crippen LogP contribution in [-0.4, -0.2) is 41.0 Å². The normalized spacial score (nSPS) is 19.8. The SMILES string of the molecule is CCn1ncc(N)c1N1CCC[C@@H](NC(=O)C(F)(F)F)CC1. The Bertz CT molecular complexity index is 528. The van der Waals surface area contributed by atoms with Gasteiger partial charge in [0.05, 0.1) is 11.9 Å². The summed E-state index contributed by atoms with van der Waals surface area (Å²) in [6.45, 7) is 3.81. The molecular formula is C13H20F3N5O. The van der Waals surface area contributed by atoms with E-state index in [1.165, 1.54) is 0 Å². The first-order valence-corrected chi connectivity index (χ1v) is 7.26. The minimum Gasteiger partial charge on any atom is -0.394 e. The molecule has 1 aliphatic heterocycles. The van der Waals surface area contributed by atoms with E-state index in [0.717, 1.165) is 5.82 Å². The van der Waals surface area contributed by atoms with Crippen LogP contribution in [0.2, 0.25) is 0 Å². The third-order valence-corrected chi connectivity index (χ3v) is 3.76. The second-order valence-electron chi connectivity index (χ2n) is 5.33. The Balaban J connectivity index is 2.01. The van der Waals surface area contributed by atoms with Crippen LogP contribution in [0.15, 0.2) is 6.20 Å². The maximum Gasteiger partial charge on any atom is 0.471 e. The molecule has 0 bridgehead atoms. The third kappa shape index (κ3) is 3.63. The van der Waals surface area contributed by atoms with Gasteiger partial charge in [0, 0.05) is 25.7 Å². The number of nitrogen functional groups attached to an aromatic ring is 1. The van der Waals surface area contributed by atoms with E-state index in [0.29, 0.717) is 44.6 Å². The zero-order chi connectivity index (χ0) is 16.3. The number of hydrogen-bond donors (Lipinski definition) is 2. The second kappa shape index (κ2) is 6.45. The predicted octanol–water partition coefficient (Wildman–Crippen LogP) is 1.52. The molecule has 2 heterocycles. The third-order valence-electron chi connectivity index (χ3n) is 3.76. The minimum absolute atomic E-state index is 0.441. The Morgan fingerprint density at radius 1 is 1.45 bits per heavy atom. The molecule has 0 aromatic carbocycles. The summed E-state index contributed by atoms with van der Waals surface area (Å²) in [4.78, 5) is 13.0. The summed E-state index contributed by atoms with van der Waals surface area (Å²) in [5, 5.41) is 6.23. The first kappa shape index (κ1) is 16.4. The molecule has 0 aliphatic carbocycles. The van der Waals surface area contributed by atoms with Crippen LogP contribution in [0.3, 0.4) is 0 Å². The zero-order valence-corrected chi connectivity index (χ0v) is 12.4. The van der Waals surface area contributed by atoms with Gasteiger partial charge in [-0.15, -0.1) is 0 Å². The molecule has 0 unspecified atom stereocenters. The fourth-order valence-corrected chi connectivity index (χ4v) is 2.69. The van der Waals surface area contributed by atoms with E-state index in [4.69, 9.17) is 5.73 Å². The van der Waals surface area contributed by atoms with Gasteiger partial charge in [0.2, 0.25) is 0 Å². The summed E-state index contributed by atoms with van der Waals surface area (Å²) in [6, 6.07) is -0.474. The van der Waals surface area contributed by atoms with E-state index in [2.05, 4.69) is 10.4 Å². The molecule has 1 aromatic rings. The molecule has 0 spiro atoms. The number of aryl methyl sites for hydroxylation is 1. The van der Waals surface area contributed by atoms with Gasteiger partial charge >= 0.3 is 12.1 Å². The van der Waals surface area contributed by atoms with Crippen LogP contribution in [0, 0.1) is 0 Å². The summed E-state index contributed by atoms with van der Waals surface area (Å²) in [7, 11) is 0. The lowest BCUT2D eigenvalue weighted by atomic mass is 10.1. The lowest BCUT2D eigenvalue weighted by Gasteiger charge is -2.24. The topological polar surface area (TPSA) is 76.2 Å². The number of nitrogens with zero attached hydrogens (tertiary/aromatic N) is 3. The van der Waals surface area contributed by atoms with Gasteiger partial charge in [-0.25, -0.2) is 4.68 Å². The molecule has 22 heavy (non-hydrogen) atoms. The van der Waals surface area contributed by atoms with Crippen molar-refractivity contribution in [2.24, 2.45) is 0 Å². The monoisotopic (exact) mass is 319 g/mol. The van der Waals surface area contributed by atoms with Gasteiger partial charge in [-0.05, 0) is 26.2 Å². The molecule has 0 radical (unpaired) electrons. The minimum atomic E-state index is -4.84. The lowest BCUT2D eigenvalue weighted by Crippen LogP contribution is -2.43. The number of hydrogen-bond acceptors (Lipinski definition) is 4. The molecule has 3 N–H and O–H groups in total. The quantitative estimate of drug-likeness (QED) is 0.886. The fourth-order valence-electron chi connectivity index (χ4n) is 2.69. The van der Waals surface area contributed by atoms with Crippen LogP contribution in [0.4, 0.5) is 24.7 Å². The average Bonchev–Trinajstić information content (AvgIpc) is 2.67. The Labute approximate surface area is 126 Å². The van der Waals surface area contributed by atoms with Crippen molar-refractivity contribution in [3.8, 4) is 0 Å². The van der Waals surface area contributed by atoms with E-state index in [9.17, 15) is 18.0 Å². The molecule has 1 atom stereocenters. The van der Waals surface area contributed by atoms with Gasteiger partial charge in [0.1, 0.15) is 5.82 Å². The number of rotatable bonds is 3. The van der Waals surface area contributed by atoms with Crippen molar-refractivity contribution in [2.75, 3.05) is 23.7 Å². The molecule has 0 saturated carbocycles. The number of nitrogens with two attached hydrogens (primary N) is 1. The number of alkyl halides is 3. The average molecular weight is 319 g/mol. The second-order valence-corrected chi connectivity index (χ2v) is 5.33. The maximum atomic E-state index is 12.3. The van der Waals surface area contributed by atoms with Crippen molar-refractivity contribution in [1.29, 1.82) is 0 Å². The van der Waals surface area contributed by atoms with Crippen molar-refractivity contribution >= 4 is 17.4 Å². The van der Waals surface area contributed by atoms with E-state index >= 15 is 0 Å². The zero-order valence-electron chi connectivity index (χ0n) is 12.4. The summed E-state index contributed by atoms with van der Waals surface area (Å²) in [5.41, 5.74) is 6.48. The number of amides is 1. The lowest BCUT2D eigenvalue weighted by molar-refractivity contribution is -0.174. The van der Waals surface area contributed by atoms with Crippen molar-refractivity contribution < 1.29 is 18.0 Å². The van der Waals surface area contributed by atoms with Gasteiger partial charge in [-0.3, -0.25) is 4.79 Å². The van der Waals surface area contributed by atoms with E-state index < -0.39 is 18.1 Å². The van der Waals surface area contributed by atoms with Crippen LogP contribution < -0.4 is 16.0 Å². The summed E-state index contributed by atoms with van der Waals surface area (Å²) in [6.07, 6.45) is -1.63. The Morgan fingerprint density at radius 3 is 2.82 bits per heavy atom. The van der Waals surface area contributed by atoms with E-state index in [1.54, 1.807) is 10.9 Å². The van der Waals surface area contributed by atoms with Gasteiger partial charge in [0.15, 0.2) is 0 Å². The van der Waals surface area contributed by atoms with Gasteiger partial charge < -0.3 is 16.0 Å². The van der Waals surface area contributed by atoms with Crippen molar-refractivity contribution in [1.82, 2.24) is 15.1 Å². The Kier molecular flexibility index (Phi) is 4.82. The standard InChI is InChI=1S/C13H20F3N5O/c1-2-21-11(10(17)8-18-21)20-6-3-4-9(5-7-20)19-12(22)13(14,15)16/h8-9H,2-7,17H2,1H3,(H,19,22)/t9-/m1/s1. The number of carbonyl (C=O) groups is 1. The van der Waals surface area contributed by atoms with Gasteiger partial charge in [-0.1, -0.05) is 0 Å². The number of nitrogens with one attached hydrogen (secondary N) is 1. The number of carbonyl (C=O) groups excluding carboxylic acids is 1. The highest BCUT2D eigenvalue weighted by Crippen LogP contribution is 2.26. The van der Waals surface area contributed by atoms with Crippen LogP contribution in [0.5, 0.6) is 0 Å². The highest BCUT2D eigenvalue weighted by molar-refractivity contribution is 5.81. The van der Waals surface area contributed by atoms with Crippen LogP contribution >= 0.6 is 0 Å². The van der Waals surface area contributed by atoms with E-state index in [1.807, 2.05) is 11.8 Å².